The van der Waals surface area contributed by atoms with E-state index in [4.69, 9.17) is 4.74 Å². The lowest BCUT2D eigenvalue weighted by Crippen LogP contribution is -2.42. The van der Waals surface area contributed by atoms with Crippen LogP contribution in [0.5, 0.6) is 5.75 Å². The van der Waals surface area contributed by atoms with Crippen molar-refractivity contribution in [2.45, 2.75) is 39.3 Å². The molecule has 35 heavy (non-hydrogen) atoms. The van der Waals surface area contributed by atoms with Crippen LogP contribution in [0.3, 0.4) is 0 Å². The monoisotopic (exact) mass is 478 g/mol. The second-order valence-corrected chi connectivity index (χ2v) is 8.98. The maximum atomic E-state index is 14.3. The molecular formula is C28H31FN2O4. The molecule has 1 N–H and O–H groups in total. The molecular weight excluding hydrogens is 447 g/mol. The summed E-state index contributed by atoms with van der Waals surface area (Å²) in [6, 6.07) is 16.7. The summed E-state index contributed by atoms with van der Waals surface area (Å²) in [6.45, 7) is 5.29. The van der Waals surface area contributed by atoms with Crippen molar-refractivity contribution in [1.82, 2.24) is 9.47 Å². The van der Waals surface area contributed by atoms with Crippen LogP contribution in [0.2, 0.25) is 0 Å². The molecule has 1 saturated heterocycles. The van der Waals surface area contributed by atoms with Crippen molar-refractivity contribution in [3.63, 3.8) is 0 Å². The molecule has 6 nitrogen and oxygen atoms in total. The van der Waals surface area contributed by atoms with Gasteiger partial charge in [-0.3, -0.25) is 14.5 Å². The Morgan fingerprint density at radius 2 is 1.83 bits per heavy atom. The summed E-state index contributed by atoms with van der Waals surface area (Å²) in [7, 11) is 0. The van der Waals surface area contributed by atoms with E-state index in [2.05, 4.69) is 0 Å². The van der Waals surface area contributed by atoms with Crippen molar-refractivity contribution in [2.75, 3.05) is 19.7 Å². The number of nitrogens with zero attached hydrogens (tertiary/aromatic N) is 2. The highest BCUT2D eigenvalue weighted by Gasteiger charge is 2.34. The minimum Gasteiger partial charge on any atom is -0.507 e. The van der Waals surface area contributed by atoms with Gasteiger partial charge in [-0.05, 0) is 69.1 Å². The molecule has 1 aromatic heterocycles. The second kappa shape index (κ2) is 10.9. The summed E-state index contributed by atoms with van der Waals surface area (Å²) in [6.07, 6.45) is 1.13. The number of pyridine rings is 1. The zero-order valence-corrected chi connectivity index (χ0v) is 20.1. The molecule has 2 aromatic carbocycles. The number of halogens is 1. The van der Waals surface area contributed by atoms with E-state index >= 15 is 0 Å². The van der Waals surface area contributed by atoms with Gasteiger partial charge in [0, 0.05) is 5.69 Å². The predicted molar refractivity (Wildman–Crippen MR) is 132 cm³/mol. The Bertz CT molecular complexity index is 1230. The first-order valence-electron chi connectivity index (χ1n) is 12.0. The summed E-state index contributed by atoms with van der Waals surface area (Å²) >= 11 is 0. The maximum Gasteiger partial charge on any atom is 0.309 e. The number of aromatic hydroxyl groups is 1. The lowest BCUT2D eigenvalue weighted by molar-refractivity contribution is -0.149. The molecule has 0 spiro atoms. The molecule has 0 amide bonds. The highest BCUT2D eigenvalue weighted by molar-refractivity contribution is 5.72. The van der Waals surface area contributed by atoms with E-state index in [0.29, 0.717) is 50.3 Å². The Morgan fingerprint density at radius 3 is 2.49 bits per heavy atom. The van der Waals surface area contributed by atoms with Crippen molar-refractivity contribution in [3.05, 3.63) is 99.2 Å². The Hall–Kier alpha value is -3.45. The van der Waals surface area contributed by atoms with Crippen molar-refractivity contribution in [3.8, 4) is 5.75 Å². The van der Waals surface area contributed by atoms with Crippen LogP contribution in [-0.4, -0.2) is 40.2 Å². The van der Waals surface area contributed by atoms with Crippen LogP contribution < -0.4 is 5.56 Å². The largest absolute Gasteiger partial charge is 0.507 e. The fraction of sp³-hybridized carbons (Fsp3) is 0.357. The summed E-state index contributed by atoms with van der Waals surface area (Å²) < 4.78 is 21.1. The highest BCUT2D eigenvalue weighted by atomic mass is 19.1. The van der Waals surface area contributed by atoms with Crippen LogP contribution in [0.1, 0.15) is 48.2 Å². The van der Waals surface area contributed by atoms with E-state index in [-0.39, 0.29) is 28.8 Å². The number of benzene rings is 2. The highest BCUT2D eigenvalue weighted by Crippen LogP contribution is 2.35. The van der Waals surface area contributed by atoms with Gasteiger partial charge in [0.25, 0.3) is 5.56 Å². The number of carbonyl (C=O) groups excluding carboxylic acids is 1. The number of hydrogen-bond donors (Lipinski definition) is 1. The molecule has 3 aromatic rings. The van der Waals surface area contributed by atoms with Gasteiger partial charge < -0.3 is 14.4 Å². The van der Waals surface area contributed by atoms with Gasteiger partial charge in [0.15, 0.2) is 0 Å². The smallest absolute Gasteiger partial charge is 0.309 e. The van der Waals surface area contributed by atoms with E-state index < -0.39 is 11.9 Å². The Morgan fingerprint density at radius 1 is 1.11 bits per heavy atom. The normalized spacial score (nSPS) is 15.6. The summed E-state index contributed by atoms with van der Waals surface area (Å²) in [5.41, 5.74) is 2.09. The third kappa shape index (κ3) is 5.46. The second-order valence-electron chi connectivity index (χ2n) is 8.98. The Labute approximate surface area is 204 Å². The van der Waals surface area contributed by atoms with Gasteiger partial charge in [-0.2, -0.15) is 0 Å². The van der Waals surface area contributed by atoms with Gasteiger partial charge in [-0.1, -0.05) is 42.5 Å². The molecule has 1 atom stereocenters. The zero-order valence-electron chi connectivity index (χ0n) is 20.1. The quantitative estimate of drug-likeness (QED) is 0.509. The lowest BCUT2D eigenvalue weighted by atomic mass is 9.91. The summed E-state index contributed by atoms with van der Waals surface area (Å²) in [4.78, 5) is 28.1. The fourth-order valence-corrected chi connectivity index (χ4v) is 4.88. The number of ether oxygens (including phenoxy) is 1. The van der Waals surface area contributed by atoms with Crippen LogP contribution in [0.15, 0.2) is 65.5 Å². The SMILES string of the molecule is CCOC(=O)C1CCN([C@@H](c2cccc(F)c2)c2c(O)cc(C)n(Cc3ccccc3)c2=O)CC1. The van der Waals surface area contributed by atoms with Crippen LogP contribution in [-0.2, 0) is 16.1 Å². The van der Waals surface area contributed by atoms with Gasteiger partial charge in [0.2, 0.25) is 0 Å². The molecule has 1 aliphatic heterocycles. The average molecular weight is 479 g/mol. The number of aromatic nitrogens is 1. The molecule has 2 heterocycles. The molecule has 0 aliphatic carbocycles. The third-order valence-electron chi connectivity index (χ3n) is 6.66. The minimum absolute atomic E-state index is 0.112. The molecule has 0 bridgehead atoms. The van der Waals surface area contributed by atoms with Gasteiger partial charge in [0.1, 0.15) is 11.6 Å². The number of piperidine rings is 1. The van der Waals surface area contributed by atoms with E-state index in [1.807, 2.05) is 35.2 Å². The van der Waals surface area contributed by atoms with Crippen LogP contribution >= 0.6 is 0 Å². The first kappa shape index (κ1) is 24.7. The Kier molecular flexibility index (Phi) is 7.66. The van der Waals surface area contributed by atoms with Gasteiger partial charge in [-0.15, -0.1) is 0 Å². The lowest BCUT2D eigenvalue weighted by Gasteiger charge is -2.37. The van der Waals surface area contributed by atoms with E-state index in [1.165, 1.54) is 12.1 Å². The van der Waals surface area contributed by atoms with Crippen LogP contribution in [0.25, 0.3) is 0 Å². The number of hydrogen-bond acceptors (Lipinski definition) is 5. The maximum absolute atomic E-state index is 14.3. The molecule has 184 valence electrons. The third-order valence-corrected chi connectivity index (χ3v) is 6.66. The summed E-state index contributed by atoms with van der Waals surface area (Å²) in [5, 5.41) is 11.0. The van der Waals surface area contributed by atoms with E-state index in [9.17, 15) is 19.1 Å². The molecule has 0 radical (unpaired) electrons. The molecule has 0 unspecified atom stereocenters. The standard InChI is InChI=1S/C28H31FN2O4/c1-3-35-28(34)21-12-14-30(15-13-21)26(22-10-7-11-23(29)17-22)25-24(32)16-19(2)31(27(25)33)18-20-8-5-4-6-9-20/h4-11,16-17,21,26,32H,3,12-15,18H2,1-2H3/t26-/m0/s1. The average Bonchev–Trinajstić information content (AvgIpc) is 2.85. The number of carbonyl (C=O) groups is 1. The molecule has 1 aliphatic rings. The van der Waals surface area contributed by atoms with Gasteiger partial charge in [-0.25, -0.2) is 4.39 Å². The molecule has 7 heteroatoms. The number of esters is 1. The first-order chi connectivity index (χ1) is 16.9. The molecule has 1 fully saturated rings. The summed E-state index contributed by atoms with van der Waals surface area (Å²) in [5.74, 6) is -0.942. The van der Waals surface area contributed by atoms with Crippen molar-refractivity contribution in [1.29, 1.82) is 0 Å². The van der Waals surface area contributed by atoms with Crippen molar-refractivity contribution >= 4 is 5.97 Å². The van der Waals surface area contributed by atoms with Crippen LogP contribution in [0.4, 0.5) is 4.39 Å². The van der Waals surface area contributed by atoms with E-state index in [0.717, 1.165) is 5.56 Å². The fourth-order valence-electron chi connectivity index (χ4n) is 4.88. The van der Waals surface area contributed by atoms with Crippen LogP contribution in [0, 0.1) is 18.7 Å². The van der Waals surface area contributed by atoms with E-state index in [1.54, 1.807) is 36.6 Å². The van der Waals surface area contributed by atoms with Crippen molar-refractivity contribution < 1.29 is 19.0 Å². The number of likely N-dealkylation sites (tertiary alicyclic amines) is 1. The number of rotatable bonds is 7. The molecule has 0 saturated carbocycles. The topological polar surface area (TPSA) is 71.8 Å². The van der Waals surface area contributed by atoms with Gasteiger partial charge in [0.05, 0.1) is 30.7 Å². The van der Waals surface area contributed by atoms with Crippen molar-refractivity contribution in [2.24, 2.45) is 5.92 Å². The Balaban J connectivity index is 1.75. The minimum atomic E-state index is -0.649. The molecule has 4 rings (SSSR count). The zero-order chi connectivity index (χ0) is 24.9. The van der Waals surface area contributed by atoms with Gasteiger partial charge >= 0.3 is 5.97 Å². The predicted octanol–water partition coefficient (Wildman–Crippen LogP) is 4.41. The first-order valence-corrected chi connectivity index (χ1v) is 12.0. The number of aryl methyl sites for hydroxylation is 1.